The van der Waals surface area contributed by atoms with Crippen molar-refractivity contribution in [2.75, 3.05) is 23.7 Å². The predicted octanol–water partition coefficient (Wildman–Crippen LogP) is 3.81. The fourth-order valence-corrected chi connectivity index (χ4v) is 4.72. The molecule has 2 aromatic rings. The van der Waals surface area contributed by atoms with Crippen LogP contribution in [0.5, 0.6) is 0 Å². The molecule has 0 bridgehead atoms. The smallest absolute Gasteiger partial charge is 0.323 e. The molecular formula is C29H40N4O5. The minimum absolute atomic E-state index is 0. The number of hydrogen-bond acceptors (Lipinski definition) is 4. The number of Topliss-reactive ketones (excluding diaryl/α,β-unsaturated/α-hetero) is 1. The highest BCUT2D eigenvalue weighted by atomic mass is 16.2. The molecule has 1 aliphatic heterocycles. The van der Waals surface area contributed by atoms with E-state index in [0.717, 1.165) is 16.8 Å². The van der Waals surface area contributed by atoms with Crippen LogP contribution in [0, 0.1) is 12.8 Å². The van der Waals surface area contributed by atoms with Crippen molar-refractivity contribution in [2.45, 2.75) is 66.0 Å². The van der Waals surface area contributed by atoms with Gasteiger partial charge in [-0.2, -0.15) is 0 Å². The Hall–Kier alpha value is -3.72. The Morgan fingerprint density at radius 3 is 2.24 bits per heavy atom. The van der Waals surface area contributed by atoms with Crippen molar-refractivity contribution >= 4 is 35.0 Å². The fourth-order valence-electron chi connectivity index (χ4n) is 4.72. The first kappa shape index (κ1) is 30.5. The first-order chi connectivity index (χ1) is 17.5. The van der Waals surface area contributed by atoms with E-state index in [-0.39, 0.29) is 47.5 Å². The standard InChI is InChI=1S/C29H38N4O4.H2O/c1-19(2)16-26-28(36)32(21(4)17-22(5)34)14-15-33(26)27(35)18-23-10-12-24(13-11-23)30-29(37)31-25-9-7-6-8-20(25)3;/h6-13,19,21,26H,14-18H2,1-5H3,(H2,30,31,37);1H2/t21?,26-;/m0./s1. The lowest BCUT2D eigenvalue weighted by Crippen LogP contribution is -2.61. The van der Waals surface area contributed by atoms with Crippen LogP contribution in [0.2, 0.25) is 0 Å². The molecule has 4 amide bonds. The van der Waals surface area contributed by atoms with Gasteiger partial charge < -0.3 is 25.9 Å². The molecule has 1 unspecified atom stereocenters. The zero-order chi connectivity index (χ0) is 27.1. The maximum absolute atomic E-state index is 13.3. The number of carbonyl (C=O) groups is 4. The van der Waals surface area contributed by atoms with Gasteiger partial charge in [-0.25, -0.2) is 4.79 Å². The van der Waals surface area contributed by atoms with Gasteiger partial charge in [-0.1, -0.05) is 44.2 Å². The second-order valence-electron chi connectivity index (χ2n) is 10.3. The van der Waals surface area contributed by atoms with Crippen molar-refractivity contribution in [2.24, 2.45) is 5.92 Å². The van der Waals surface area contributed by atoms with Gasteiger partial charge in [0.15, 0.2) is 0 Å². The second-order valence-corrected chi connectivity index (χ2v) is 10.3. The number of aryl methyl sites for hydroxylation is 1. The third-order valence-corrected chi connectivity index (χ3v) is 6.62. The number of carbonyl (C=O) groups excluding carboxylic acids is 4. The van der Waals surface area contributed by atoms with Gasteiger partial charge in [0.25, 0.3) is 0 Å². The highest BCUT2D eigenvalue weighted by molar-refractivity contribution is 6.00. The summed E-state index contributed by atoms with van der Waals surface area (Å²) >= 11 is 0. The third-order valence-electron chi connectivity index (χ3n) is 6.62. The zero-order valence-electron chi connectivity index (χ0n) is 22.9. The number of nitrogens with one attached hydrogen (secondary N) is 2. The molecule has 2 aromatic carbocycles. The monoisotopic (exact) mass is 524 g/mol. The lowest BCUT2D eigenvalue weighted by molar-refractivity contribution is -0.154. The topological polar surface area (TPSA) is 130 Å². The van der Waals surface area contributed by atoms with Crippen LogP contribution in [-0.2, 0) is 20.8 Å². The molecule has 9 heteroatoms. The fraction of sp³-hybridized carbons (Fsp3) is 0.448. The van der Waals surface area contributed by atoms with E-state index < -0.39 is 6.04 Å². The molecule has 0 aliphatic carbocycles. The molecule has 206 valence electrons. The maximum atomic E-state index is 13.3. The summed E-state index contributed by atoms with van der Waals surface area (Å²) < 4.78 is 0. The number of amides is 4. The van der Waals surface area contributed by atoms with Gasteiger partial charge in [0, 0.05) is 36.9 Å². The van der Waals surface area contributed by atoms with E-state index in [1.165, 1.54) is 6.92 Å². The van der Waals surface area contributed by atoms with E-state index in [9.17, 15) is 19.2 Å². The van der Waals surface area contributed by atoms with E-state index in [0.29, 0.717) is 31.6 Å². The van der Waals surface area contributed by atoms with Gasteiger partial charge >= 0.3 is 6.03 Å². The molecule has 0 spiro atoms. The van der Waals surface area contributed by atoms with Crippen molar-refractivity contribution in [3.8, 4) is 0 Å². The normalized spacial score (nSPS) is 16.1. The van der Waals surface area contributed by atoms with Crippen molar-refractivity contribution in [3.05, 3.63) is 59.7 Å². The Bertz CT molecular complexity index is 1130. The Morgan fingerprint density at radius 2 is 1.63 bits per heavy atom. The average molecular weight is 525 g/mol. The van der Waals surface area contributed by atoms with E-state index in [4.69, 9.17) is 0 Å². The van der Waals surface area contributed by atoms with Crippen LogP contribution < -0.4 is 10.6 Å². The molecule has 4 N–H and O–H groups in total. The number of benzene rings is 2. The quantitative estimate of drug-likeness (QED) is 0.516. The molecule has 0 radical (unpaired) electrons. The summed E-state index contributed by atoms with van der Waals surface area (Å²) in [5, 5.41) is 5.63. The van der Waals surface area contributed by atoms with Crippen LogP contribution in [0.3, 0.4) is 0 Å². The molecule has 3 rings (SSSR count). The highest BCUT2D eigenvalue weighted by Gasteiger charge is 2.39. The first-order valence-electron chi connectivity index (χ1n) is 12.9. The molecule has 38 heavy (non-hydrogen) atoms. The number of anilines is 2. The van der Waals surface area contributed by atoms with E-state index in [1.807, 2.05) is 64.1 Å². The number of urea groups is 1. The number of ketones is 1. The van der Waals surface area contributed by atoms with Crippen molar-refractivity contribution in [1.29, 1.82) is 0 Å². The SMILES string of the molecule is CC(=O)CC(C)N1CCN(C(=O)Cc2ccc(NC(=O)Nc3ccccc3C)cc2)[C@@H](CC(C)C)C1=O.O. The minimum Gasteiger partial charge on any atom is -0.412 e. The van der Waals surface area contributed by atoms with Gasteiger partial charge in [0.05, 0.1) is 6.42 Å². The molecular weight excluding hydrogens is 484 g/mol. The summed E-state index contributed by atoms with van der Waals surface area (Å²) in [7, 11) is 0. The second kappa shape index (κ2) is 13.7. The van der Waals surface area contributed by atoms with Crippen LogP contribution in [0.25, 0.3) is 0 Å². The predicted molar refractivity (Wildman–Crippen MR) is 149 cm³/mol. The van der Waals surface area contributed by atoms with Gasteiger partial charge in [-0.15, -0.1) is 0 Å². The van der Waals surface area contributed by atoms with Crippen molar-refractivity contribution in [3.63, 3.8) is 0 Å². The average Bonchev–Trinajstić information content (AvgIpc) is 2.82. The minimum atomic E-state index is -0.526. The molecule has 2 atom stereocenters. The summed E-state index contributed by atoms with van der Waals surface area (Å²) in [6.45, 7) is 10.3. The van der Waals surface area contributed by atoms with Crippen LogP contribution >= 0.6 is 0 Å². The lowest BCUT2D eigenvalue weighted by Gasteiger charge is -2.43. The summed E-state index contributed by atoms with van der Waals surface area (Å²) in [5.41, 5.74) is 3.12. The number of para-hydroxylation sites is 1. The molecule has 1 heterocycles. The van der Waals surface area contributed by atoms with Crippen LogP contribution in [0.15, 0.2) is 48.5 Å². The van der Waals surface area contributed by atoms with E-state index in [1.54, 1.807) is 21.9 Å². The first-order valence-corrected chi connectivity index (χ1v) is 12.9. The lowest BCUT2D eigenvalue weighted by atomic mass is 9.96. The van der Waals surface area contributed by atoms with Crippen molar-refractivity contribution in [1.82, 2.24) is 9.80 Å². The summed E-state index contributed by atoms with van der Waals surface area (Å²) in [4.78, 5) is 54.0. The van der Waals surface area contributed by atoms with Gasteiger partial charge in [-0.3, -0.25) is 14.4 Å². The van der Waals surface area contributed by atoms with Gasteiger partial charge in [-0.05, 0) is 62.4 Å². The molecule has 9 nitrogen and oxygen atoms in total. The zero-order valence-corrected chi connectivity index (χ0v) is 22.9. The van der Waals surface area contributed by atoms with E-state index >= 15 is 0 Å². The molecule has 0 saturated carbocycles. The number of piperazine rings is 1. The number of nitrogens with zero attached hydrogens (tertiary/aromatic N) is 2. The summed E-state index contributed by atoms with van der Waals surface area (Å²) in [6, 6.07) is 13.6. The Kier molecular flexibility index (Phi) is 11.0. The maximum Gasteiger partial charge on any atom is 0.323 e. The molecule has 1 saturated heterocycles. The molecule has 0 aromatic heterocycles. The number of rotatable bonds is 9. The largest absolute Gasteiger partial charge is 0.412 e. The Morgan fingerprint density at radius 1 is 0.974 bits per heavy atom. The highest BCUT2D eigenvalue weighted by Crippen LogP contribution is 2.23. The van der Waals surface area contributed by atoms with Gasteiger partial charge in [0.1, 0.15) is 11.8 Å². The molecule has 1 fully saturated rings. The van der Waals surface area contributed by atoms with Crippen molar-refractivity contribution < 1.29 is 24.7 Å². The summed E-state index contributed by atoms with van der Waals surface area (Å²) in [5.74, 6) is 0.102. The van der Waals surface area contributed by atoms with E-state index in [2.05, 4.69) is 10.6 Å². The number of hydrogen-bond donors (Lipinski definition) is 2. The van der Waals surface area contributed by atoms with Crippen LogP contribution in [-0.4, -0.2) is 64.1 Å². The summed E-state index contributed by atoms with van der Waals surface area (Å²) in [6.07, 6.45) is 1.06. The molecule has 1 aliphatic rings. The van der Waals surface area contributed by atoms with Crippen LogP contribution in [0.4, 0.5) is 16.2 Å². The van der Waals surface area contributed by atoms with Crippen LogP contribution in [0.1, 0.15) is 51.7 Å². The van der Waals surface area contributed by atoms with Gasteiger partial charge in [0.2, 0.25) is 11.8 Å². The Balaban J connectivity index is 0.00000507. The Labute approximate surface area is 224 Å². The third kappa shape index (κ3) is 8.14.